The van der Waals surface area contributed by atoms with Crippen LogP contribution in [0, 0.1) is 5.82 Å². The molecule has 1 aliphatic rings. The summed E-state index contributed by atoms with van der Waals surface area (Å²) in [6.45, 7) is 6.25. The van der Waals surface area contributed by atoms with Crippen LogP contribution < -0.4 is 29.1 Å². The third-order valence-electron chi connectivity index (χ3n) is 6.84. The van der Waals surface area contributed by atoms with E-state index in [-0.39, 0.29) is 24.6 Å². The van der Waals surface area contributed by atoms with E-state index >= 15 is 0 Å². The van der Waals surface area contributed by atoms with Crippen LogP contribution in [0.25, 0.3) is 6.08 Å². The van der Waals surface area contributed by atoms with Gasteiger partial charge in [0.05, 0.1) is 42.2 Å². The fourth-order valence-corrected chi connectivity index (χ4v) is 5.90. The first-order valence-electron chi connectivity index (χ1n) is 13.8. The zero-order chi connectivity index (χ0) is 30.5. The molecule has 4 aromatic rings. The van der Waals surface area contributed by atoms with Gasteiger partial charge in [-0.1, -0.05) is 47.7 Å². The highest BCUT2D eigenvalue weighted by atomic mass is 32.1. The number of para-hydroxylation sites is 1. The van der Waals surface area contributed by atoms with Crippen molar-refractivity contribution in [2.75, 3.05) is 20.3 Å². The van der Waals surface area contributed by atoms with Crippen molar-refractivity contribution >= 4 is 23.4 Å². The first-order chi connectivity index (χ1) is 20.8. The number of nitrogens with zero attached hydrogens (tertiary/aromatic N) is 2. The number of halogens is 1. The van der Waals surface area contributed by atoms with Gasteiger partial charge in [0, 0.05) is 5.56 Å². The van der Waals surface area contributed by atoms with Gasteiger partial charge in [0.15, 0.2) is 16.3 Å². The summed E-state index contributed by atoms with van der Waals surface area (Å²) < 4.78 is 38.0. The second-order valence-electron chi connectivity index (χ2n) is 9.60. The number of ether oxygens (including phenoxy) is 4. The second kappa shape index (κ2) is 13.1. The summed E-state index contributed by atoms with van der Waals surface area (Å²) in [7, 11) is 1.54. The number of thiazole rings is 1. The Balaban J connectivity index is 1.62. The summed E-state index contributed by atoms with van der Waals surface area (Å²) in [6.07, 6.45) is 1.73. The van der Waals surface area contributed by atoms with Crippen LogP contribution in [0.1, 0.15) is 43.5 Å². The molecule has 0 amide bonds. The van der Waals surface area contributed by atoms with Crippen molar-refractivity contribution in [2.45, 2.75) is 33.4 Å². The SMILES string of the molecule is CCOC(=O)C1=C(C)N=c2s/c(=C\c3cccc(OC)c3OCc3ccc(F)cc3)c(=O)n2[C@@H]1c1ccc(OCC)cc1. The monoisotopic (exact) mass is 602 g/mol. The third-order valence-corrected chi connectivity index (χ3v) is 7.82. The number of aromatic nitrogens is 1. The van der Waals surface area contributed by atoms with Crippen LogP contribution in [0.15, 0.2) is 87.8 Å². The van der Waals surface area contributed by atoms with Gasteiger partial charge in [-0.3, -0.25) is 9.36 Å². The van der Waals surface area contributed by atoms with E-state index in [1.54, 1.807) is 44.2 Å². The molecule has 0 saturated carbocycles. The van der Waals surface area contributed by atoms with E-state index in [4.69, 9.17) is 18.9 Å². The number of allylic oxidation sites excluding steroid dienone is 1. The smallest absolute Gasteiger partial charge is 0.338 e. The van der Waals surface area contributed by atoms with Crippen molar-refractivity contribution in [2.24, 2.45) is 4.99 Å². The molecule has 43 heavy (non-hydrogen) atoms. The number of benzene rings is 3. The van der Waals surface area contributed by atoms with Gasteiger partial charge in [-0.25, -0.2) is 14.2 Å². The molecule has 0 spiro atoms. The van der Waals surface area contributed by atoms with E-state index in [0.29, 0.717) is 50.0 Å². The van der Waals surface area contributed by atoms with Gasteiger partial charge in [-0.2, -0.15) is 0 Å². The van der Waals surface area contributed by atoms with Crippen molar-refractivity contribution in [1.29, 1.82) is 0 Å². The van der Waals surface area contributed by atoms with Crippen LogP contribution in [0.5, 0.6) is 17.2 Å². The summed E-state index contributed by atoms with van der Waals surface area (Å²) >= 11 is 1.21. The molecule has 10 heteroatoms. The Morgan fingerprint density at radius 2 is 1.77 bits per heavy atom. The molecule has 1 atom stereocenters. The normalized spacial score (nSPS) is 14.6. The Kier molecular flexibility index (Phi) is 9.06. The van der Waals surface area contributed by atoms with Crippen LogP contribution in [-0.4, -0.2) is 30.9 Å². The predicted octanol–water partition coefficient (Wildman–Crippen LogP) is 4.92. The van der Waals surface area contributed by atoms with E-state index in [9.17, 15) is 14.0 Å². The lowest BCUT2D eigenvalue weighted by Gasteiger charge is -2.24. The molecule has 0 saturated heterocycles. The lowest BCUT2D eigenvalue weighted by atomic mass is 9.96. The maximum Gasteiger partial charge on any atom is 0.338 e. The van der Waals surface area contributed by atoms with Crippen molar-refractivity contribution < 1.29 is 28.1 Å². The molecular formula is C33H31FN2O6S. The van der Waals surface area contributed by atoms with E-state index < -0.39 is 12.0 Å². The minimum Gasteiger partial charge on any atom is -0.494 e. The third kappa shape index (κ3) is 6.24. The molecule has 2 heterocycles. The Labute approximate surface area is 252 Å². The van der Waals surface area contributed by atoms with Crippen LogP contribution in [0.4, 0.5) is 4.39 Å². The topological polar surface area (TPSA) is 88.4 Å². The zero-order valence-electron chi connectivity index (χ0n) is 24.3. The van der Waals surface area contributed by atoms with Gasteiger partial charge in [0.1, 0.15) is 18.2 Å². The maximum atomic E-state index is 14.1. The van der Waals surface area contributed by atoms with Gasteiger partial charge < -0.3 is 18.9 Å². The molecule has 1 aliphatic heterocycles. The Bertz CT molecular complexity index is 1840. The standard InChI is InChI=1S/C33H31FN2O6S/c1-5-40-25-16-12-22(13-17-25)29-28(32(38)41-6-2)20(3)35-33-36(29)31(37)27(43-33)18-23-8-7-9-26(39-4)30(23)42-19-21-10-14-24(34)15-11-21/h7-18,29H,5-6,19H2,1-4H3/b27-18-/t29-/m1/s1. The largest absolute Gasteiger partial charge is 0.494 e. The molecule has 8 nitrogen and oxygen atoms in total. The van der Waals surface area contributed by atoms with Crippen LogP contribution >= 0.6 is 11.3 Å². The van der Waals surface area contributed by atoms with E-state index in [1.807, 2.05) is 37.3 Å². The lowest BCUT2D eigenvalue weighted by molar-refractivity contribution is -0.139. The van der Waals surface area contributed by atoms with Gasteiger partial charge in [0.2, 0.25) is 0 Å². The van der Waals surface area contributed by atoms with E-state index in [1.165, 1.54) is 35.1 Å². The molecule has 0 unspecified atom stereocenters. The fourth-order valence-electron chi connectivity index (χ4n) is 4.86. The van der Waals surface area contributed by atoms with Gasteiger partial charge in [-0.15, -0.1) is 0 Å². The lowest BCUT2D eigenvalue weighted by Crippen LogP contribution is -2.39. The molecule has 222 valence electrons. The summed E-state index contributed by atoms with van der Waals surface area (Å²) in [6, 6.07) is 18.0. The average molecular weight is 603 g/mol. The number of esters is 1. The minimum absolute atomic E-state index is 0.169. The van der Waals surface area contributed by atoms with Crippen LogP contribution in [0.2, 0.25) is 0 Å². The van der Waals surface area contributed by atoms with Crippen LogP contribution in [-0.2, 0) is 16.1 Å². The fraction of sp³-hybridized carbons (Fsp3) is 0.242. The highest BCUT2D eigenvalue weighted by molar-refractivity contribution is 7.07. The summed E-state index contributed by atoms with van der Waals surface area (Å²) in [5.74, 6) is 0.745. The molecule has 5 rings (SSSR count). The number of methoxy groups -OCH3 is 1. The number of carbonyl (C=O) groups excluding carboxylic acids is 1. The highest BCUT2D eigenvalue weighted by Crippen LogP contribution is 2.33. The minimum atomic E-state index is -0.743. The van der Waals surface area contributed by atoms with Crippen molar-refractivity contribution in [3.8, 4) is 17.2 Å². The van der Waals surface area contributed by atoms with Gasteiger partial charge in [0.25, 0.3) is 5.56 Å². The molecule has 0 bridgehead atoms. The number of fused-ring (bicyclic) bond motifs is 1. The van der Waals surface area contributed by atoms with Crippen LogP contribution in [0.3, 0.4) is 0 Å². The Morgan fingerprint density at radius 3 is 2.44 bits per heavy atom. The van der Waals surface area contributed by atoms with Crippen molar-refractivity contribution in [3.05, 3.63) is 120 Å². The Hall–Kier alpha value is -4.70. The number of rotatable bonds is 10. The zero-order valence-corrected chi connectivity index (χ0v) is 25.1. The summed E-state index contributed by atoms with van der Waals surface area (Å²) in [4.78, 5) is 32.3. The number of carbonyl (C=O) groups is 1. The van der Waals surface area contributed by atoms with Gasteiger partial charge in [-0.05, 0) is 68.3 Å². The first-order valence-corrected chi connectivity index (χ1v) is 14.6. The van der Waals surface area contributed by atoms with E-state index in [2.05, 4.69) is 4.99 Å². The molecule has 0 fully saturated rings. The van der Waals surface area contributed by atoms with Crippen molar-refractivity contribution in [3.63, 3.8) is 0 Å². The van der Waals surface area contributed by atoms with Gasteiger partial charge >= 0.3 is 5.97 Å². The molecule has 0 N–H and O–H groups in total. The highest BCUT2D eigenvalue weighted by Gasteiger charge is 2.33. The predicted molar refractivity (Wildman–Crippen MR) is 162 cm³/mol. The maximum absolute atomic E-state index is 14.1. The quantitative estimate of drug-likeness (QED) is 0.240. The molecular weight excluding hydrogens is 571 g/mol. The summed E-state index contributed by atoms with van der Waals surface area (Å²) in [5, 5.41) is 0. The second-order valence-corrected chi connectivity index (χ2v) is 10.6. The number of hydrogen-bond acceptors (Lipinski definition) is 8. The molecule has 3 aromatic carbocycles. The molecule has 0 aliphatic carbocycles. The van der Waals surface area contributed by atoms with Crippen molar-refractivity contribution in [1.82, 2.24) is 4.57 Å². The average Bonchev–Trinajstić information content (AvgIpc) is 3.31. The van der Waals surface area contributed by atoms with E-state index in [0.717, 1.165) is 11.1 Å². The molecule has 1 aromatic heterocycles. The first kappa shape index (κ1) is 29.8. The summed E-state index contributed by atoms with van der Waals surface area (Å²) in [5.41, 5.74) is 2.58. The molecule has 0 radical (unpaired) electrons. The Morgan fingerprint density at radius 1 is 1.02 bits per heavy atom. The number of hydrogen-bond donors (Lipinski definition) is 0.